The molecule has 8 nitrogen and oxygen atoms in total. The predicted octanol–water partition coefficient (Wildman–Crippen LogP) is 1.35. The molecule has 28 heavy (non-hydrogen) atoms. The Hall–Kier alpha value is -2.20. The predicted molar refractivity (Wildman–Crippen MR) is 95.4 cm³/mol. The number of rotatable bonds is 4. The van der Waals surface area contributed by atoms with Crippen LogP contribution in [-0.4, -0.2) is 58.1 Å². The van der Waals surface area contributed by atoms with Crippen LogP contribution in [0, 0.1) is 0 Å². The van der Waals surface area contributed by atoms with E-state index in [1.165, 1.54) is 24.3 Å². The molecule has 0 radical (unpaired) electrons. The van der Waals surface area contributed by atoms with E-state index in [2.05, 4.69) is 0 Å². The van der Waals surface area contributed by atoms with E-state index >= 15 is 0 Å². The van der Waals surface area contributed by atoms with Crippen molar-refractivity contribution in [2.45, 2.75) is 37.0 Å². The van der Waals surface area contributed by atoms with Crippen LogP contribution in [0.3, 0.4) is 0 Å². The molecule has 0 aliphatic carbocycles. The highest BCUT2D eigenvalue weighted by Gasteiger charge is 2.49. The van der Waals surface area contributed by atoms with Gasteiger partial charge in [0.15, 0.2) is 12.6 Å². The number of benzene rings is 2. The number of phenolic OH excluding ortho intramolecular Hbond substituents is 2. The van der Waals surface area contributed by atoms with E-state index in [1.54, 1.807) is 24.3 Å². The first-order valence-corrected chi connectivity index (χ1v) is 9.00. The van der Waals surface area contributed by atoms with Crippen molar-refractivity contribution in [3.8, 4) is 11.5 Å². The Morgan fingerprint density at radius 3 is 1.25 bits per heavy atom. The molecular weight excluding hydrogens is 368 g/mol. The molecule has 6 atom stereocenters. The third-order valence-electron chi connectivity index (χ3n) is 4.91. The summed E-state index contributed by atoms with van der Waals surface area (Å²) in [6.07, 6.45) is -4.33. The number of fused-ring (bicyclic) bond motifs is 1. The zero-order valence-electron chi connectivity index (χ0n) is 14.9. The van der Waals surface area contributed by atoms with E-state index in [1.807, 2.05) is 0 Å². The summed E-state index contributed by atoms with van der Waals surface area (Å²) < 4.78 is 23.7. The van der Waals surface area contributed by atoms with Crippen LogP contribution < -0.4 is 0 Å². The average Bonchev–Trinajstić information content (AvgIpc) is 2.73. The van der Waals surface area contributed by atoms with E-state index in [9.17, 15) is 20.4 Å². The molecule has 0 amide bonds. The summed E-state index contributed by atoms with van der Waals surface area (Å²) in [6, 6.07) is 12.7. The van der Waals surface area contributed by atoms with Crippen molar-refractivity contribution in [3.05, 3.63) is 59.7 Å². The fraction of sp³-hybridized carbons (Fsp3) is 0.400. The average molecular weight is 390 g/mol. The van der Waals surface area contributed by atoms with Gasteiger partial charge >= 0.3 is 0 Å². The molecule has 2 heterocycles. The highest BCUT2D eigenvalue weighted by atomic mass is 16.8. The van der Waals surface area contributed by atoms with Gasteiger partial charge in [0.1, 0.15) is 35.9 Å². The van der Waals surface area contributed by atoms with Crippen molar-refractivity contribution in [1.82, 2.24) is 0 Å². The first-order chi connectivity index (χ1) is 13.6. The number of aromatic hydroxyl groups is 2. The molecule has 2 aromatic rings. The smallest absolute Gasteiger partial charge is 0.184 e. The maximum atomic E-state index is 9.85. The summed E-state index contributed by atoms with van der Waals surface area (Å²) in [5.74, 6) is 0.232. The number of ether oxygens (including phenoxy) is 4. The van der Waals surface area contributed by atoms with Gasteiger partial charge < -0.3 is 39.4 Å². The van der Waals surface area contributed by atoms with Crippen LogP contribution in [-0.2, 0) is 18.9 Å². The lowest BCUT2D eigenvalue weighted by Crippen LogP contribution is -2.59. The third-order valence-corrected chi connectivity index (χ3v) is 4.91. The Bertz CT molecular complexity index is 710. The number of hydrogen-bond donors (Lipinski definition) is 4. The number of hydrogen-bond acceptors (Lipinski definition) is 8. The number of aliphatic hydroxyl groups excluding tert-OH is 2. The second-order valence-electron chi connectivity index (χ2n) is 6.76. The fourth-order valence-corrected chi connectivity index (χ4v) is 3.45. The topological polar surface area (TPSA) is 118 Å². The first kappa shape index (κ1) is 19.1. The first-order valence-electron chi connectivity index (χ1n) is 9.00. The third kappa shape index (κ3) is 3.70. The SMILES string of the molecule is OC[C@@H]1OC(c2ccc(O)cc2)O[C@@H]2[C@H]1OC(c1ccc(O)cc1)O[C@@H]2CO. The van der Waals surface area contributed by atoms with Crippen molar-refractivity contribution in [2.75, 3.05) is 13.2 Å². The van der Waals surface area contributed by atoms with Gasteiger partial charge in [0.2, 0.25) is 0 Å². The monoisotopic (exact) mass is 390 g/mol. The summed E-state index contributed by atoms with van der Waals surface area (Å²) >= 11 is 0. The number of phenols is 2. The molecule has 0 spiro atoms. The highest BCUT2D eigenvalue weighted by Crippen LogP contribution is 2.40. The van der Waals surface area contributed by atoms with Gasteiger partial charge in [0, 0.05) is 11.1 Å². The van der Waals surface area contributed by atoms with Gasteiger partial charge in [-0.25, -0.2) is 0 Å². The van der Waals surface area contributed by atoms with Gasteiger partial charge in [0.25, 0.3) is 0 Å². The molecule has 0 saturated carbocycles. The zero-order valence-corrected chi connectivity index (χ0v) is 14.9. The molecule has 2 aliphatic rings. The second kappa shape index (κ2) is 8.04. The maximum absolute atomic E-state index is 9.85. The zero-order chi connectivity index (χ0) is 19.7. The minimum atomic E-state index is -0.800. The van der Waals surface area contributed by atoms with Gasteiger partial charge in [-0.05, 0) is 24.3 Å². The van der Waals surface area contributed by atoms with Crippen LogP contribution in [0.25, 0.3) is 0 Å². The molecule has 8 heteroatoms. The molecule has 2 saturated heterocycles. The lowest BCUT2D eigenvalue weighted by atomic mass is 9.98. The lowest BCUT2D eigenvalue weighted by molar-refractivity contribution is -0.387. The van der Waals surface area contributed by atoms with Crippen LogP contribution in [0.15, 0.2) is 48.5 Å². The van der Waals surface area contributed by atoms with Crippen LogP contribution >= 0.6 is 0 Å². The molecular formula is C20H22O8. The number of aliphatic hydroxyl groups is 2. The standard InChI is InChI=1S/C20H22O8/c21-9-15-18-17(27-19(25-15)11-1-5-13(23)6-2-11)16(10-22)26-20(28-18)12-3-7-14(24)8-4-12/h1-8,15-24H,9-10H2/t15-,16+,17-,18-,19?,20?/m0/s1. The molecule has 2 aliphatic heterocycles. The quantitative estimate of drug-likeness (QED) is 0.618. The summed E-state index contributed by atoms with van der Waals surface area (Å²) in [5, 5.41) is 38.6. The molecule has 0 bridgehead atoms. The van der Waals surface area contributed by atoms with Gasteiger partial charge in [-0.3, -0.25) is 0 Å². The van der Waals surface area contributed by atoms with Crippen LogP contribution in [0.5, 0.6) is 11.5 Å². The second-order valence-corrected chi connectivity index (χ2v) is 6.76. The van der Waals surface area contributed by atoms with Crippen molar-refractivity contribution in [3.63, 3.8) is 0 Å². The van der Waals surface area contributed by atoms with Gasteiger partial charge in [-0.1, -0.05) is 24.3 Å². The fourth-order valence-electron chi connectivity index (χ4n) is 3.45. The summed E-state index contributed by atoms with van der Waals surface area (Å²) in [6.45, 7) is -0.612. The van der Waals surface area contributed by atoms with Crippen molar-refractivity contribution in [1.29, 1.82) is 0 Å². The summed E-state index contributed by atoms with van der Waals surface area (Å²) in [5.41, 5.74) is 1.32. The van der Waals surface area contributed by atoms with E-state index in [-0.39, 0.29) is 24.7 Å². The van der Waals surface area contributed by atoms with Crippen molar-refractivity contribution < 1.29 is 39.4 Å². The Morgan fingerprint density at radius 2 is 0.929 bits per heavy atom. The Morgan fingerprint density at radius 1 is 0.571 bits per heavy atom. The largest absolute Gasteiger partial charge is 0.508 e. The van der Waals surface area contributed by atoms with Gasteiger partial charge in [-0.15, -0.1) is 0 Å². The Balaban J connectivity index is 1.58. The van der Waals surface area contributed by atoms with Gasteiger partial charge in [0.05, 0.1) is 13.2 Å². The molecule has 0 aromatic heterocycles. The minimum absolute atomic E-state index is 0.116. The molecule has 2 unspecified atom stereocenters. The molecule has 2 aromatic carbocycles. The highest BCUT2D eigenvalue weighted by molar-refractivity contribution is 5.28. The molecule has 150 valence electrons. The van der Waals surface area contributed by atoms with E-state index in [0.717, 1.165) is 0 Å². The van der Waals surface area contributed by atoms with E-state index in [0.29, 0.717) is 11.1 Å². The van der Waals surface area contributed by atoms with Crippen LogP contribution in [0.2, 0.25) is 0 Å². The molecule has 2 fully saturated rings. The summed E-state index contributed by atoms with van der Waals surface area (Å²) in [7, 11) is 0. The normalized spacial score (nSPS) is 32.6. The minimum Gasteiger partial charge on any atom is -0.508 e. The van der Waals surface area contributed by atoms with Crippen molar-refractivity contribution >= 4 is 0 Å². The van der Waals surface area contributed by atoms with E-state index < -0.39 is 37.0 Å². The summed E-state index contributed by atoms with van der Waals surface area (Å²) in [4.78, 5) is 0. The molecule has 4 N–H and O–H groups in total. The Kier molecular flexibility index (Phi) is 5.49. The van der Waals surface area contributed by atoms with Crippen LogP contribution in [0.1, 0.15) is 23.7 Å². The lowest BCUT2D eigenvalue weighted by Gasteiger charge is -2.48. The van der Waals surface area contributed by atoms with Gasteiger partial charge in [-0.2, -0.15) is 0 Å². The van der Waals surface area contributed by atoms with E-state index in [4.69, 9.17) is 18.9 Å². The van der Waals surface area contributed by atoms with Crippen molar-refractivity contribution in [2.24, 2.45) is 0 Å². The van der Waals surface area contributed by atoms with Crippen LogP contribution in [0.4, 0.5) is 0 Å². The maximum Gasteiger partial charge on any atom is 0.184 e. The Labute approximate surface area is 161 Å². The molecule has 4 rings (SSSR count).